The van der Waals surface area contributed by atoms with Crippen LogP contribution >= 0.6 is 12.4 Å². The van der Waals surface area contributed by atoms with Gasteiger partial charge in [0.05, 0.1) is 11.7 Å². The Hall–Kier alpha value is -1.91. The Balaban J connectivity index is 0.00000225. The molecule has 1 aliphatic heterocycles. The van der Waals surface area contributed by atoms with E-state index in [1.165, 1.54) is 5.56 Å². The first-order valence-corrected chi connectivity index (χ1v) is 8.64. The molecule has 1 aromatic carbocycles. The van der Waals surface area contributed by atoms with Gasteiger partial charge in [0.2, 0.25) is 5.91 Å². The van der Waals surface area contributed by atoms with Gasteiger partial charge in [0, 0.05) is 18.2 Å². The molecule has 1 amide bonds. The average molecular weight is 360 g/mol. The minimum absolute atomic E-state index is 0. The van der Waals surface area contributed by atoms with Crippen LogP contribution in [-0.2, 0) is 4.79 Å². The van der Waals surface area contributed by atoms with Gasteiger partial charge in [0.1, 0.15) is 0 Å². The number of pyridine rings is 1. The molecular weight excluding hydrogens is 334 g/mol. The molecular formula is C20H26ClN3O. The summed E-state index contributed by atoms with van der Waals surface area (Å²) in [5, 5.41) is 6.64. The van der Waals surface area contributed by atoms with E-state index in [-0.39, 0.29) is 30.3 Å². The maximum Gasteiger partial charge on any atom is 0.224 e. The smallest absolute Gasteiger partial charge is 0.224 e. The molecule has 5 heteroatoms. The van der Waals surface area contributed by atoms with Crippen LogP contribution in [0.1, 0.15) is 42.6 Å². The molecule has 1 unspecified atom stereocenters. The summed E-state index contributed by atoms with van der Waals surface area (Å²) < 4.78 is 0. The van der Waals surface area contributed by atoms with Gasteiger partial charge in [-0.05, 0) is 50.9 Å². The van der Waals surface area contributed by atoms with Gasteiger partial charge in [-0.1, -0.05) is 35.9 Å². The standard InChI is InChI=1S/C20H25N3O.ClH/c1-14-6-5-7-16(12-14)19(18-8-3-4-10-22-18)23-20(24)17-9-11-21-15(2)13-17;/h3-8,10,12,15,17,19,21H,9,11,13H2,1-2H3,(H,23,24);1H/t15-,17-,19?;/m0./s1. The molecule has 2 aromatic rings. The molecule has 4 nitrogen and oxygen atoms in total. The molecule has 1 aromatic heterocycles. The minimum atomic E-state index is -0.205. The molecule has 0 spiro atoms. The van der Waals surface area contributed by atoms with E-state index in [4.69, 9.17) is 0 Å². The second-order valence-electron chi connectivity index (χ2n) is 6.69. The predicted octanol–water partition coefficient (Wildman–Crippen LogP) is 3.41. The molecule has 25 heavy (non-hydrogen) atoms. The maximum absolute atomic E-state index is 12.8. The van der Waals surface area contributed by atoms with Crippen molar-refractivity contribution in [2.75, 3.05) is 6.54 Å². The zero-order valence-electron chi connectivity index (χ0n) is 14.7. The van der Waals surface area contributed by atoms with Crippen LogP contribution in [0.5, 0.6) is 0 Å². The lowest BCUT2D eigenvalue weighted by Gasteiger charge is -2.29. The number of hydrogen-bond donors (Lipinski definition) is 2. The highest BCUT2D eigenvalue weighted by Crippen LogP contribution is 2.24. The van der Waals surface area contributed by atoms with Crippen LogP contribution in [-0.4, -0.2) is 23.5 Å². The fraction of sp³-hybridized carbons (Fsp3) is 0.400. The fourth-order valence-corrected chi connectivity index (χ4v) is 3.35. The van der Waals surface area contributed by atoms with E-state index < -0.39 is 0 Å². The normalized spacial score (nSPS) is 21.0. The predicted molar refractivity (Wildman–Crippen MR) is 103 cm³/mol. The van der Waals surface area contributed by atoms with Crippen LogP contribution in [0.3, 0.4) is 0 Å². The Kier molecular flexibility index (Phi) is 6.97. The van der Waals surface area contributed by atoms with Gasteiger partial charge in [-0.25, -0.2) is 0 Å². The number of rotatable bonds is 4. The monoisotopic (exact) mass is 359 g/mol. The minimum Gasteiger partial charge on any atom is -0.343 e. The van der Waals surface area contributed by atoms with Crippen LogP contribution in [0.25, 0.3) is 0 Å². The Bertz CT molecular complexity index is 692. The van der Waals surface area contributed by atoms with Gasteiger partial charge < -0.3 is 10.6 Å². The zero-order chi connectivity index (χ0) is 16.9. The van der Waals surface area contributed by atoms with Gasteiger partial charge in [0.15, 0.2) is 0 Å². The SMILES string of the molecule is Cc1cccc(C(NC(=O)[C@H]2CCN[C@@H](C)C2)c2ccccn2)c1.Cl. The summed E-state index contributed by atoms with van der Waals surface area (Å²) in [6.45, 7) is 5.10. The van der Waals surface area contributed by atoms with Crippen molar-refractivity contribution in [2.24, 2.45) is 5.92 Å². The number of carbonyl (C=O) groups is 1. The van der Waals surface area contributed by atoms with Crippen LogP contribution < -0.4 is 10.6 Å². The molecule has 1 saturated heterocycles. The third kappa shape index (κ3) is 5.03. The van der Waals surface area contributed by atoms with Crippen molar-refractivity contribution in [1.29, 1.82) is 0 Å². The largest absolute Gasteiger partial charge is 0.343 e. The topological polar surface area (TPSA) is 54.0 Å². The summed E-state index contributed by atoms with van der Waals surface area (Å²) in [5.41, 5.74) is 3.13. The average Bonchev–Trinajstić information content (AvgIpc) is 2.60. The Morgan fingerprint density at radius 3 is 2.80 bits per heavy atom. The molecule has 134 valence electrons. The number of aryl methyl sites for hydroxylation is 1. The number of benzene rings is 1. The first-order valence-electron chi connectivity index (χ1n) is 8.64. The molecule has 2 N–H and O–H groups in total. The van der Waals surface area contributed by atoms with Crippen LogP contribution in [0.4, 0.5) is 0 Å². The highest BCUT2D eigenvalue weighted by Gasteiger charge is 2.27. The summed E-state index contributed by atoms with van der Waals surface area (Å²) in [6.07, 6.45) is 3.55. The maximum atomic E-state index is 12.8. The molecule has 3 rings (SSSR count). The van der Waals surface area contributed by atoms with Gasteiger partial charge >= 0.3 is 0 Å². The van der Waals surface area contributed by atoms with E-state index in [1.807, 2.05) is 24.3 Å². The van der Waals surface area contributed by atoms with E-state index in [9.17, 15) is 4.79 Å². The van der Waals surface area contributed by atoms with Gasteiger partial charge in [0.25, 0.3) is 0 Å². The van der Waals surface area contributed by atoms with E-state index in [0.29, 0.717) is 6.04 Å². The Labute approximate surface area is 155 Å². The number of nitrogens with one attached hydrogen (secondary N) is 2. The first-order chi connectivity index (χ1) is 11.6. The molecule has 0 aliphatic carbocycles. The summed E-state index contributed by atoms with van der Waals surface area (Å²) >= 11 is 0. The zero-order valence-corrected chi connectivity index (χ0v) is 15.6. The fourth-order valence-electron chi connectivity index (χ4n) is 3.35. The van der Waals surface area contributed by atoms with E-state index in [1.54, 1.807) is 6.20 Å². The van der Waals surface area contributed by atoms with Gasteiger partial charge in [-0.2, -0.15) is 0 Å². The number of hydrogen-bond acceptors (Lipinski definition) is 3. The van der Waals surface area contributed by atoms with E-state index in [2.05, 4.69) is 47.7 Å². The molecule has 3 atom stereocenters. The molecule has 2 heterocycles. The molecule has 1 fully saturated rings. The lowest BCUT2D eigenvalue weighted by molar-refractivity contribution is -0.126. The summed E-state index contributed by atoms with van der Waals surface area (Å²) in [4.78, 5) is 17.3. The van der Waals surface area contributed by atoms with Crippen molar-refractivity contribution >= 4 is 18.3 Å². The highest BCUT2D eigenvalue weighted by atomic mass is 35.5. The highest BCUT2D eigenvalue weighted by molar-refractivity contribution is 5.85. The van der Waals surface area contributed by atoms with Crippen molar-refractivity contribution in [2.45, 2.75) is 38.8 Å². The summed E-state index contributed by atoms with van der Waals surface area (Å²) in [7, 11) is 0. The third-order valence-corrected chi connectivity index (χ3v) is 4.64. The lowest BCUT2D eigenvalue weighted by Crippen LogP contribution is -2.43. The molecule has 0 radical (unpaired) electrons. The quantitative estimate of drug-likeness (QED) is 0.879. The molecule has 0 bridgehead atoms. The lowest BCUT2D eigenvalue weighted by atomic mass is 9.91. The van der Waals surface area contributed by atoms with Gasteiger partial charge in [-0.15, -0.1) is 12.4 Å². The first kappa shape index (κ1) is 19.4. The van der Waals surface area contributed by atoms with Crippen molar-refractivity contribution < 1.29 is 4.79 Å². The number of carbonyl (C=O) groups excluding carboxylic acids is 1. The number of piperidine rings is 1. The summed E-state index contributed by atoms with van der Waals surface area (Å²) in [5.74, 6) is 0.192. The second-order valence-corrected chi connectivity index (χ2v) is 6.69. The number of halogens is 1. The van der Waals surface area contributed by atoms with Crippen molar-refractivity contribution in [3.63, 3.8) is 0 Å². The van der Waals surface area contributed by atoms with E-state index >= 15 is 0 Å². The second kappa shape index (κ2) is 8.97. The van der Waals surface area contributed by atoms with Crippen LogP contribution in [0.2, 0.25) is 0 Å². The van der Waals surface area contributed by atoms with E-state index in [0.717, 1.165) is 30.6 Å². The van der Waals surface area contributed by atoms with Crippen LogP contribution in [0.15, 0.2) is 48.7 Å². The Morgan fingerprint density at radius 2 is 2.12 bits per heavy atom. The summed E-state index contributed by atoms with van der Waals surface area (Å²) in [6, 6.07) is 14.3. The van der Waals surface area contributed by atoms with Gasteiger partial charge in [-0.3, -0.25) is 9.78 Å². The van der Waals surface area contributed by atoms with Crippen molar-refractivity contribution in [1.82, 2.24) is 15.6 Å². The molecule has 0 saturated carbocycles. The van der Waals surface area contributed by atoms with Crippen molar-refractivity contribution in [3.05, 3.63) is 65.5 Å². The number of amides is 1. The number of nitrogens with zero attached hydrogens (tertiary/aromatic N) is 1. The Morgan fingerprint density at radius 1 is 1.28 bits per heavy atom. The third-order valence-electron chi connectivity index (χ3n) is 4.64. The number of aromatic nitrogens is 1. The molecule has 1 aliphatic rings. The van der Waals surface area contributed by atoms with Crippen molar-refractivity contribution in [3.8, 4) is 0 Å². The van der Waals surface area contributed by atoms with Crippen LogP contribution in [0, 0.1) is 12.8 Å².